The Hall–Kier alpha value is -2.74. The number of rotatable bonds is 5. The average molecular weight is 376 g/mol. The van der Waals surface area contributed by atoms with Gasteiger partial charge in [-0.05, 0) is 43.7 Å². The Bertz CT molecular complexity index is 952. The lowest BCUT2D eigenvalue weighted by Gasteiger charge is -2.25. The molecule has 138 valence electrons. The molecule has 2 aromatic rings. The quantitative estimate of drug-likeness (QED) is 0.590. The molecule has 7 nitrogen and oxygen atoms in total. The number of carbonyl (C=O) groups is 1. The van der Waals surface area contributed by atoms with Crippen LogP contribution in [0.4, 0.5) is 5.69 Å². The fourth-order valence-corrected chi connectivity index (χ4v) is 3.22. The van der Waals surface area contributed by atoms with E-state index in [1.807, 2.05) is 6.92 Å². The van der Waals surface area contributed by atoms with Gasteiger partial charge in [0.1, 0.15) is 0 Å². The number of aryl methyl sites for hydroxylation is 1. The predicted molar refractivity (Wildman–Crippen MR) is 97.9 cm³/mol. The smallest absolute Gasteiger partial charge is 0.272 e. The lowest BCUT2D eigenvalue weighted by atomic mass is 10.0. The summed E-state index contributed by atoms with van der Waals surface area (Å²) < 4.78 is 23.1. The van der Waals surface area contributed by atoms with Crippen LogP contribution in [0, 0.1) is 17.0 Å². The molecule has 2 rings (SSSR count). The van der Waals surface area contributed by atoms with Gasteiger partial charge >= 0.3 is 0 Å². The Balaban J connectivity index is 2.24. The highest BCUT2D eigenvalue weighted by Gasteiger charge is 2.21. The van der Waals surface area contributed by atoms with Crippen LogP contribution in [0.1, 0.15) is 34.5 Å². The first-order valence-electron chi connectivity index (χ1n) is 7.84. The highest BCUT2D eigenvalue weighted by molar-refractivity contribution is 7.90. The van der Waals surface area contributed by atoms with E-state index in [1.165, 1.54) is 35.2 Å². The molecule has 0 spiro atoms. The van der Waals surface area contributed by atoms with E-state index in [9.17, 15) is 23.3 Å². The van der Waals surface area contributed by atoms with Crippen LogP contribution in [-0.2, 0) is 9.84 Å². The third kappa shape index (κ3) is 4.08. The number of hydrogen-bond acceptors (Lipinski definition) is 5. The van der Waals surface area contributed by atoms with Crippen LogP contribution in [0.5, 0.6) is 0 Å². The van der Waals surface area contributed by atoms with E-state index >= 15 is 0 Å². The lowest BCUT2D eigenvalue weighted by molar-refractivity contribution is -0.385. The van der Waals surface area contributed by atoms with Crippen molar-refractivity contribution in [3.8, 4) is 0 Å². The van der Waals surface area contributed by atoms with Gasteiger partial charge in [-0.15, -0.1) is 0 Å². The maximum absolute atomic E-state index is 12.7. The van der Waals surface area contributed by atoms with Crippen molar-refractivity contribution < 1.29 is 18.1 Å². The molecule has 0 aliphatic heterocycles. The van der Waals surface area contributed by atoms with E-state index in [0.29, 0.717) is 11.1 Å². The highest BCUT2D eigenvalue weighted by atomic mass is 32.2. The molecule has 0 saturated heterocycles. The van der Waals surface area contributed by atoms with E-state index in [2.05, 4.69) is 0 Å². The molecular formula is C18H20N2O5S. The monoisotopic (exact) mass is 376 g/mol. The fraction of sp³-hybridized carbons (Fsp3) is 0.278. The second-order valence-electron chi connectivity index (χ2n) is 6.19. The van der Waals surface area contributed by atoms with Gasteiger partial charge in [-0.1, -0.05) is 12.1 Å². The van der Waals surface area contributed by atoms with E-state index in [0.717, 1.165) is 11.8 Å². The molecule has 1 unspecified atom stereocenters. The maximum atomic E-state index is 12.7. The van der Waals surface area contributed by atoms with Crippen molar-refractivity contribution in [2.75, 3.05) is 13.3 Å². The van der Waals surface area contributed by atoms with Crippen molar-refractivity contribution in [1.29, 1.82) is 0 Å². The summed E-state index contributed by atoms with van der Waals surface area (Å²) in [4.78, 5) is 24.8. The number of benzene rings is 2. The third-order valence-corrected chi connectivity index (χ3v) is 5.46. The van der Waals surface area contributed by atoms with Crippen LogP contribution >= 0.6 is 0 Å². The van der Waals surface area contributed by atoms with Gasteiger partial charge in [0.2, 0.25) is 0 Å². The second kappa shape index (κ2) is 7.25. The van der Waals surface area contributed by atoms with Crippen molar-refractivity contribution in [3.05, 3.63) is 69.3 Å². The topological polar surface area (TPSA) is 97.6 Å². The standard InChI is InChI=1S/C18H20N2O5S/c1-12-11-15(7-10-17(12)20(22)23)18(21)19(3)13(2)14-5-8-16(9-6-14)26(4,24)25/h5-11,13H,1-4H3. The molecule has 26 heavy (non-hydrogen) atoms. The van der Waals surface area contributed by atoms with Gasteiger partial charge in [0, 0.05) is 30.5 Å². The summed E-state index contributed by atoms with van der Waals surface area (Å²) in [5.74, 6) is -0.275. The zero-order valence-electron chi connectivity index (χ0n) is 15.0. The van der Waals surface area contributed by atoms with Gasteiger partial charge < -0.3 is 4.90 Å². The summed E-state index contributed by atoms with van der Waals surface area (Å²) in [6.07, 6.45) is 1.14. The van der Waals surface area contributed by atoms with Crippen LogP contribution < -0.4 is 0 Å². The molecule has 0 aliphatic rings. The molecule has 0 aliphatic carbocycles. The number of nitro groups is 1. The van der Waals surface area contributed by atoms with Gasteiger partial charge in [0.25, 0.3) is 11.6 Å². The van der Waals surface area contributed by atoms with E-state index in [-0.39, 0.29) is 22.5 Å². The minimum absolute atomic E-state index is 0.0337. The molecule has 0 saturated carbocycles. The molecular weight excluding hydrogens is 356 g/mol. The Morgan fingerprint density at radius 3 is 2.19 bits per heavy atom. The van der Waals surface area contributed by atoms with E-state index in [1.54, 1.807) is 26.1 Å². The first-order chi connectivity index (χ1) is 12.0. The van der Waals surface area contributed by atoms with Crippen LogP contribution in [0.15, 0.2) is 47.4 Å². The zero-order valence-corrected chi connectivity index (χ0v) is 15.8. The molecule has 0 radical (unpaired) electrons. The van der Waals surface area contributed by atoms with Crippen molar-refractivity contribution in [1.82, 2.24) is 4.90 Å². The Kier molecular flexibility index (Phi) is 5.46. The molecule has 0 heterocycles. The summed E-state index contributed by atoms with van der Waals surface area (Å²) in [6, 6.07) is 10.3. The number of amides is 1. The van der Waals surface area contributed by atoms with Gasteiger partial charge in [-0.25, -0.2) is 8.42 Å². The fourth-order valence-electron chi connectivity index (χ4n) is 2.59. The van der Waals surface area contributed by atoms with Crippen molar-refractivity contribution in [2.45, 2.75) is 24.8 Å². The van der Waals surface area contributed by atoms with Gasteiger partial charge in [-0.3, -0.25) is 14.9 Å². The minimum Gasteiger partial charge on any atom is -0.335 e. The number of nitrogens with zero attached hydrogens (tertiary/aromatic N) is 2. The van der Waals surface area contributed by atoms with Gasteiger partial charge in [-0.2, -0.15) is 0 Å². The zero-order chi connectivity index (χ0) is 19.6. The normalized spacial score (nSPS) is 12.5. The molecule has 0 fully saturated rings. The highest BCUT2D eigenvalue weighted by Crippen LogP contribution is 2.24. The van der Waals surface area contributed by atoms with Crippen molar-refractivity contribution in [3.63, 3.8) is 0 Å². The molecule has 0 N–H and O–H groups in total. The Morgan fingerprint density at radius 1 is 1.15 bits per heavy atom. The second-order valence-corrected chi connectivity index (χ2v) is 8.21. The summed E-state index contributed by atoms with van der Waals surface area (Å²) in [5, 5.41) is 10.9. The number of carbonyl (C=O) groups excluding carboxylic acids is 1. The molecule has 0 bridgehead atoms. The van der Waals surface area contributed by atoms with Crippen LogP contribution in [-0.4, -0.2) is 37.5 Å². The first-order valence-corrected chi connectivity index (χ1v) is 9.73. The third-order valence-electron chi connectivity index (χ3n) is 4.33. The Morgan fingerprint density at radius 2 is 1.73 bits per heavy atom. The first kappa shape index (κ1) is 19.6. The largest absolute Gasteiger partial charge is 0.335 e. The molecule has 1 amide bonds. The summed E-state index contributed by atoms with van der Waals surface area (Å²) in [7, 11) is -1.64. The minimum atomic E-state index is -3.28. The predicted octanol–water partition coefficient (Wildman–Crippen LogP) is 3.14. The average Bonchev–Trinajstić information content (AvgIpc) is 2.58. The lowest BCUT2D eigenvalue weighted by Crippen LogP contribution is -2.29. The maximum Gasteiger partial charge on any atom is 0.272 e. The van der Waals surface area contributed by atoms with Crippen molar-refractivity contribution in [2.24, 2.45) is 0 Å². The van der Waals surface area contributed by atoms with Crippen LogP contribution in [0.25, 0.3) is 0 Å². The SMILES string of the molecule is Cc1cc(C(=O)N(C)C(C)c2ccc(S(C)(=O)=O)cc2)ccc1[N+](=O)[O-]. The van der Waals surface area contributed by atoms with Gasteiger partial charge in [0.15, 0.2) is 9.84 Å². The molecule has 1 atom stereocenters. The van der Waals surface area contributed by atoms with Crippen molar-refractivity contribution >= 4 is 21.4 Å². The summed E-state index contributed by atoms with van der Waals surface area (Å²) in [5.41, 5.74) is 1.52. The number of nitro benzene ring substituents is 1. The van der Waals surface area contributed by atoms with E-state index < -0.39 is 14.8 Å². The summed E-state index contributed by atoms with van der Waals surface area (Å²) >= 11 is 0. The van der Waals surface area contributed by atoms with Gasteiger partial charge in [0.05, 0.1) is 15.9 Å². The molecule has 0 aromatic heterocycles. The summed E-state index contributed by atoms with van der Waals surface area (Å²) in [6.45, 7) is 3.41. The van der Waals surface area contributed by atoms with Crippen LogP contribution in [0.3, 0.4) is 0 Å². The molecule has 8 heteroatoms. The number of hydrogen-bond donors (Lipinski definition) is 0. The molecule has 2 aromatic carbocycles. The number of sulfone groups is 1. The Labute approximate surface area is 152 Å². The van der Waals surface area contributed by atoms with E-state index in [4.69, 9.17) is 0 Å². The van der Waals surface area contributed by atoms with Crippen LogP contribution in [0.2, 0.25) is 0 Å².